The topological polar surface area (TPSA) is 116 Å². The van der Waals surface area contributed by atoms with Gasteiger partial charge in [0.2, 0.25) is 5.91 Å². The first-order valence-corrected chi connectivity index (χ1v) is 9.19. The highest BCUT2D eigenvalue weighted by molar-refractivity contribution is 6.03. The highest BCUT2D eigenvalue weighted by Gasteiger charge is 2.13. The number of benzene rings is 2. The molecule has 2 heterocycles. The molecule has 2 aromatic carbocycles. The molecule has 0 saturated heterocycles. The summed E-state index contributed by atoms with van der Waals surface area (Å²) in [5.41, 5.74) is 7.28. The molecule has 0 atom stereocenters. The molecular weight excluding hydrogens is 384 g/mol. The van der Waals surface area contributed by atoms with Crippen LogP contribution < -0.4 is 16.2 Å². The number of rotatable bonds is 5. The van der Waals surface area contributed by atoms with E-state index in [0.717, 1.165) is 16.5 Å². The molecule has 0 radical (unpaired) electrons. The fraction of sp³-hybridized carbons (Fsp3) is 0.0455. The Morgan fingerprint density at radius 1 is 0.900 bits per heavy atom. The van der Waals surface area contributed by atoms with Gasteiger partial charge in [-0.2, -0.15) is 0 Å². The quantitative estimate of drug-likeness (QED) is 0.384. The van der Waals surface area contributed by atoms with Crippen LogP contribution in [0.1, 0.15) is 26.5 Å². The van der Waals surface area contributed by atoms with Crippen LogP contribution >= 0.6 is 0 Å². The van der Waals surface area contributed by atoms with E-state index in [1.54, 1.807) is 30.5 Å². The molecule has 0 saturated carbocycles. The van der Waals surface area contributed by atoms with Crippen molar-refractivity contribution in [2.75, 3.05) is 5.32 Å². The minimum absolute atomic E-state index is 0.115. The van der Waals surface area contributed by atoms with Gasteiger partial charge in [0.05, 0.1) is 12.7 Å². The summed E-state index contributed by atoms with van der Waals surface area (Å²) >= 11 is 0. The summed E-state index contributed by atoms with van der Waals surface area (Å²) in [4.78, 5) is 39.8. The fourth-order valence-electron chi connectivity index (χ4n) is 3.03. The van der Waals surface area contributed by atoms with Crippen LogP contribution in [-0.2, 0) is 11.2 Å². The molecule has 0 bridgehead atoms. The molecule has 4 aromatic rings. The number of furan rings is 1. The van der Waals surface area contributed by atoms with E-state index in [2.05, 4.69) is 21.2 Å². The second kappa shape index (κ2) is 8.36. The lowest BCUT2D eigenvalue weighted by molar-refractivity contribution is -0.121. The van der Waals surface area contributed by atoms with Gasteiger partial charge < -0.3 is 14.7 Å². The minimum Gasteiger partial charge on any atom is -0.459 e. The first-order chi connectivity index (χ1) is 14.6. The van der Waals surface area contributed by atoms with Gasteiger partial charge in [0, 0.05) is 28.4 Å². The van der Waals surface area contributed by atoms with E-state index in [1.807, 2.05) is 24.3 Å². The van der Waals surface area contributed by atoms with E-state index in [9.17, 15) is 14.4 Å². The molecule has 2 aromatic heterocycles. The third-order valence-electron chi connectivity index (χ3n) is 4.47. The van der Waals surface area contributed by atoms with Crippen LogP contribution in [0.5, 0.6) is 0 Å². The van der Waals surface area contributed by atoms with Crippen LogP contribution in [0.15, 0.2) is 77.5 Å². The Kier molecular flexibility index (Phi) is 5.29. The zero-order valence-corrected chi connectivity index (χ0v) is 15.8. The number of carbonyl (C=O) groups excluding carboxylic acids is 3. The highest BCUT2D eigenvalue weighted by atomic mass is 16.3. The zero-order chi connectivity index (χ0) is 20.9. The minimum atomic E-state index is -0.503. The first-order valence-electron chi connectivity index (χ1n) is 9.19. The number of anilines is 1. The fourth-order valence-corrected chi connectivity index (χ4v) is 3.03. The molecule has 4 rings (SSSR count). The van der Waals surface area contributed by atoms with Crippen LogP contribution in [0.25, 0.3) is 10.9 Å². The van der Waals surface area contributed by atoms with Crippen molar-refractivity contribution in [3.05, 3.63) is 90.0 Å². The molecule has 0 aliphatic heterocycles. The second-order valence-electron chi connectivity index (χ2n) is 6.55. The van der Waals surface area contributed by atoms with Gasteiger partial charge in [-0.25, -0.2) is 0 Å². The standard InChI is InChI=1S/C22H18N4O4/c27-20(12-15-13-23-18-8-2-1-7-17(15)18)25-26-21(28)14-5-3-6-16(11-14)24-22(29)19-9-4-10-30-19/h1-11,13,23H,12H2,(H,24,29)(H,25,27)(H,26,28). The van der Waals surface area contributed by atoms with E-state index >= 15 is 0 Å². The summed E-state index contributed by atoms with van der Waals surface area (Å²) in [5.74, 6) is -1.12. The van der Waals surface area contributed by atoms with Crippen molar-refractivity contribution < 1.29 is 18.8 Å². The molecule has 0 spiro atoms. The Bertz CT molecular complexity index is 1210. The highest BCUT2D eigenvalue weighted by Crippen LogP contribution is 2.18. The maximum absolute atomic E-state index is 12.4. The lowest BCUT2D eigenvalue weighted by atomic mass is 10.1. The Balaban J connectivity index is 1.34. The summed E-state index contributed by atoms with van der Waals surface area (Å²) in [5, 5.41) is 3.61. The van der Waals surface area contributed by atoms with Crippen LogP contribution in [0.2, 0.25) is 0 Å². The normalized spacial score (nSPS) is 10.5. The molecule has 150 valence electrons. The lowest BCUT2D eigenvalue weighted by Crippen LogP contribution is -2.42. The van der Waals surface area contributed by atoms with Crippen molar-refractivity contribution in [2.45, 2.75) is 6.42 Å². The Labute approximate surface area is 171 Å². The van der Waals surface area contributed by atoms with Crippen LogP contribution in [0.3, 0.4) is 0 Å². The van der Waals surface area contributed by atoms with E-state index in [-0.39, 0.29) is 23.7 Å². The predicted molar refractivity (Wildman–Crippen MR) is 111 cm³/mol. The first kappa shape index (κ1) is 19.0. The monoisotopic (exact) mass is 402 g/mol. The van der Waals surface area contributed by atoms with Gasteiger partial charge in [-0.05, 0) is 42.0 Å². The number of H-pyrrole nitrogens is 1. The number of hydrogen-bond acceptors (Lipinski definition) is 4. The summed E-state index contributed by atoms with van der Waals surface area (Å²) in [6, 6.07) is 17.2. The maximum Gasteiger partial charge on any atom is 0.291 e. The van der Waals surface area contributed by atoms with E-state index in [0.29, 0.717) is 5.69 Å². The number of hydrogen-bond donors (Lipinski definition) is 4. The van der Waals surface area contributed by atoms with Crippen LogP contribution in [-0.4, -0.2) is 22.7 Å². The summed E-state index contributed by atoms with van der Waals surface area (Å²) in [6.45, 7) is 0. The lowest BCUT2D eigenvalue weighted by Gasteiger charge is -2.09. The van der Waals surface area contributed by atoms with Crippen molar-refractivity contribution >= 4 is 34.3 Å². The molecule has 8 heteroatoms. The number of nitrogens with one attached hydrogen (secondary N) is 4. The molecule has 8 nitrogen and oxygen atoms in total. The molecule has 4 N–H and O–H groups in total. The SMILES string of the molecule is O=C(Cc1c[nH]c2ccccc12)NNC(=O)c1cccc(NC(=O)c2ccco2)c1. The third-order valence-corrected chi connectivity index (χ3v) is 4.47. The summed E-state index contributed by atoms with van der Waals surface area (Å²) in [6.07, 6.45) is 3.29. The van der Waals surface area contributed by atoms with Crippen molar-refractivity contribution in [1.29, 1.82) is 0 Å². The maximum atomic E-state index is 12.4. The molecular formula is C22H18N4O4. The molecule has 0 aliphatic rings. The summed E-state index contributed by atoms with van der Waals surface area (Å²) < 4.78 is 5.04. The number of fused-ring (bicyclic) bond motifs is 1. The second-order valence-corrected chi connectivity index (χ2v) is 6.55. The van der Waals surface area contributed by atoms with E-state index < -0.39 is 11.8 Å². The Morgan fingerprint density at radius 2 is 1.77 bits per heavy atom. The zero-order valence-electron chi connectivity index (χ0n) is 15.8. The van der Waals surface area contributed by atoms with Gasteiger partial charge in [0.1, 0.15) is 0 Å². The van der Waals surface area contributed by atoms with Gasteiger partial charge in [-0.15, -0.1) is 0 Å². The van der Waals surface area contributed by atoms with Gasteiger partial charge >= 0.3 is 0 Å². The molecule has 3 amide bonds. The van der Waals surface area contributed by atoms with Gasteiger partial charge in [0.25, 0.3) is 11.8 Å². The molecule has 0 unspecified atom stereocenters. The van der Waals surface area contributed by atoms with Gasteiger partial charge in [-0.3, -0.25) is 25.2 Å². The molecule has 30 heavy (non-hydrogen) atoms. The largest absolute Gasteiger partial charge is 0.459 e. The third kappa shape index (κ3) is 4.22. The number of aromatic nitrogens is 1. The van der Waals surface area contributed by atoms with Crippen LogP contribution in [0, 0.1) is 0 Å². The number of hydrazine groups is 1. The number of aromatic amines is 1. The number of amides is 3. The average molecular weight is 402 g/mol. The van der Waals surface area contributed by atoms with E-state index in [4.69, 9.17) is 4.42 Å². The summed E-state index contributed by atoms with van der Waals surface area (Å²) in [7, 11) is 0. The van der Waals surface area contributed by atoms with Crippen molar-refractivity contribution in [3.63, 3.8) is 0 Å². The smallest absolute Gasteiger partial charge is 0.291 e. The number of para-hydroxylation sites is 1. The van der Waals surface area contributed by atoms with Crippen molar-refractivity contribution in [1.82, 2.24) is 15.8 Å². The van der Waals surface area contributed by atoms with Gasteiger partial charge in [-0.1, -0.05) is 24.3 Å². The van der Waals surface area contributed by atoms with Crippen LogP contribution in [0.4, 0.5) is 5.69 Å². The Morgan fingerprint density at radius 3 is 2.60 bits per heavy atom. The molecule has 0 fully saturated rings. The number of carbonyl (C=O) groups is 3. The molecule has 0 aliphatic carbocycles. The van der Waals surface area contributed by atoms with Crippen molar-refractivity contribution in [3.8, 4) is 0 Å². The predicted octanol–water partition coefficient (Wildman–Crippen LogP) is 3.02. The Hall–Kier alpha value is -4.33. The van der Waals surface area contributed by atoms with Gasteiger partial charge in [0.15, 0.2) is 5.76 Å². The van der Waals surface area contributed by atoms with E-state index in [1.165, 1.54) is 18.4 Å². The van der Waals surface area contributed by atoms with Crippen molar-refractivity contribution in [2.24, 2.45) is 0 Å². The average Bonchev–Trinajstić information content (AvgIpc) is 3.43.